The minimum absolute atomic E-state index is 0.145. The average molecular weight is 402 g/mol. The van der Waals surface area contributed by atoms with Gasteiger partial charge in [0.2, 0.25) is 0 Å². The number of amides is 2. The van der Waals surface area contributed by atoms with Crippen molar-refractivity contribution in [3.8, 4) is 0 Å². The quantitative estimate of drug-likeness (QED) is 0.711. The van der Waals surface area contributed by atoms with Gasteiger partial charge >= 0.3 is 18.4 Å². The molecule has 0 aromatic heterocycles. The molecule has 28 heavy (non-hydrogen) atoms. The lowest BCUT2D eigenvalue weighted by atomic mass is 9.88. The lowest BCUT2D eigenvalue weighted by molar-refractivity contribution is -0.137. The predicted octanol–water partition coefficient (Wildman–Crippen LogP) is 4.92. The van der Waals surface area contributed by atoms with Crippen LogP contribution >= 0.6 is 0 Å². The molecule has 2 aromatic rings. The highest BCUT2D eigenvalue weighted by Crippen LogP contribution is 2.37. The van der Waals surface area contributed by atoms with Crippen LogP contribution in [0.3, 0.4) is 0 Å². The van der Waals surface area contributed by atoms with Gasteiger partial charge in [0.05, 0.1) is 11.6 Å². The van der Waals surface area contributed by atoms with E-state index < -0.39 is 36.5 Å². The first-order chi connectivity index (χ1) is 13.1. The van der Waals surface area contributed by atoms with E-state index >= 15 is 0 Å². The van der Waals surface area contributed by atoms with Crippen LogP contribution in [-0.2, 0) is 12.6 Å². The lowest BCUT2D eigenvalue weighted by Gasteiger charge is -2.37. The molecule has 0 bridgehead atoms. The molecule has 0 fully saturated rings. The second kappa shape index (κ2) is 7.37. The maximum absolute atomic E-state index is 12.8. The number of nitrogens with one attached hydrogen (secondary N) is 1. The van der Waals surface area contributed by atoms with Gasteiger partial charge < -0.3 is 10.2 Å². The number of hydrogen-bond donors (Lipinski definition) is 1. The van der Waals surface area contributed by atoms with Gasteiger partial charge in [-0.2, -0.15) is 26.3 Å². The van der Waals surface area contributed by atoms with Gasteiger partial charge in [0.25, 0.3) is 0 Å². The van der Waals surface area contributed by atoms with Gasteiger partial charge in [-0.15, -0.1) is 0 Å². The Bertz CT molecular complexity index is 845. The summed E-state index contributed by atoms with van der Waals surface area (Å²) in [6.45, 7) is -1.34. The summed E-state index contributed by atoms with van der Waals surface area (Å²) in [5.41, 5.74) is 1.12. The summed E-state index contributed by atoms with van der Waals surface area (Å²) in [7, 11) is 0. The fraction of sp³-hybridized carbons (Fsp3) is 0.316. The highest BCUT2D eigenvalue weighted by atomic mass is 19.4. The molecule has 3 nitrogen and oxygen atoms in total. The first-order valence-electron chi connectivity index (χ1n) is 8.42. The SMILES string of the molecule is O=C(NCC(F)(F)F)N1CCc2ccccc2[C@H]1c1ccc(C(F)(F)F)cc1. The minimum atomic E-state index is -4.56. The molecule has 9 heteroatoms. The first kappa shape index (κ1) is 20.0. The Morgan fingerprint density at radius 1 is 1.00 bits per heavy atom. The molecular formula is C19H16F6N2O. The van der Waals surface area contributed by atoms with Crippen LogP contribution in [0, 0.1) is 0 Å². The van der Waals surface area contributed by atoms with E-state index in [-0.39, 0.29) is 6.54 Å². The zero-order chi connectivity index (χ0) is 20.5. The van der Waals surface area contributed by atoms with Gasteiger partial charge in [-0.05, 0) is 35.2 Å². The summed E-state index contributed by atoms with van der Waals surface area (Å²) in [4.78, 5) is 13.6. The van der Waals surface area contributed by atoms with Crippen molar-refractivity contribution in [2.45, 2.75) is 24.8 Å². The number of urea groups is 1. The number of halogens is 6. The molecule has 1 aliphatic heterocycles. The fourth-order valence-corrected chi connectivity index (χ4v) is 3.28. The third-order valence-corrected chi connectivity index (χ3v) is 4.54. The largest absolute Gasteiger partial charge is 0.416 e. The van der Waals surface area contributed by atoms with Crippen LogP contribution in [0.25, 0.3) is 0 Å². The molecule has 150 valence electrons. The van der Waals surface area contributed by atoms with E-state index in [4.69, 9.17) is 0 Å². The number of hydrogen-bond acceptors (Lipinski definition) is 1. The third-order valence-electron chi connectivity index (χ3n) is 4.54. The number of carbonyl (C=O) groups excluding carboxylic acids is 1. The molecule has 0 saturated heterocycles. The van der Waals surface area contributed by atoms with Crippen LogP contribution in [0.2, 0.25) is 0 Å². The number of carbonyl (C=O) groups is 1. The summed E-state index contributed by atoms with van der Waals surface area (Å²) in [5.74, 6) is 0. The third kappa shape index (κ3) is 4.40. The van der Waals surface area contributed by atoms with Crippen molar-refractivity contribution >= 4 is 6.03 Å². The van der Waals surface area contributed by atoms with Gasteiger partial charge in [0.1, 0.15) is 6.54 Å². The van der Waals surface area contributed by atoms with E-state index in [1.54, 1.807) is 18.2 Å². The van der Waals surface area contributed by atoms with Crippen LogP contribution in [0.4, 0.5) is 31.1 Å². The van der Waals surface area contributed by atoms with Crippen molar-refractivity contribution in [2.24, 2.45) is 0 Å². The predicted molar refractivity (Wildman–Crippen MR) is 89.6 cm³/mol. The summed E-state index contributed by atoms with van der Waals surface area (Å²) in [6, 6.07) is 9.67. The van der Waals surface area contributed by atoms with E-state index in [2.05, 4.69) is 0 Å². The van der Waals surface area contributed by atoms with Crippen molar-refractivity contribution in [1.82, 2.24) is 10.2 Å². The molecule has 0 radical (unpaired) electrons. The smallest absolute Gasteiger partial charge is 0.329 e. The Hall–Kier alpha value is -2.71. The minimum Gasteiger partial charge on any atom is -0.329 e. The highest BCUT2D eigenvalue weighted by molar-refractivity contribution is 5.76. The van der Waals surface area contributed by atoms with Gasteiger partial charge in [-0.3, -0.25) is 0 Å². The van der Waals surface area contributed by atoms with Crippen molar-refractivity contribution in [2.75, 3.05) is 13.1 Å². The maximum Gasteiger partial charge on any atom is 0.416 e. The molecule has 1 aliphatic rings. The molecular weight excluding hydrogens is 386 g/mol. The molecule has 3 rings (SSSR count). The highest BCUT2D eigenvalue weighted by Gasteiger charge is 2.35. The Morgan fingerprint density at radius 2 is 1.64 bits per heavy atom. The molecule has 1 atom stereocenters. The van der Waals surface area contributed by atoms with E-state index in [9.17, 15) is 31.1 Å². The zero-order valence-electron chi connectivity index (χ0n) is 14.4. The molecule has 2 amide bonds. The van der Waals surface area contributed by atoms with Crippen molar-refractivity contribution < 1.29 is 31.1 Å². The first-order valence-corrected chi connectivity index (χ1v) is 8.42. The zero-order valence-corrected chi connectivity index (χ0v) is 14.4. The second-order valence-electron chi connectivity index (χ2n) is 6.44. The van der Waals surface area contributed by atoms with Crippen LogP contribution in [0.15, 0.2) is 48.5 Å². The standard InChI is InChI=1S/C19H16F6N2O/c20-18(21,22)11-26-17(28)27-10-9-12-3-1-2-4-15(12)16(27)13-5-7-14(8-6-13)19(23,24)25/h1-8,16H,9-11H2,(H,26,28)/t16-/m1/s1. The molecule has 0 aliphatic carbocycles. The molecule has 0 saturated carbocycles. The van der Waals surface area contributed by atoms with Crippen molar-refractivity contribution in [3.05, 3.63) is 70.8 Å². The van der Waals surface area contributed by atoms with E-state index in [1.807, 2.05) is 11.4 Å². The van der Waals surface area contributed by atoms with Gasteiger partial charge in [-0.1, -0.05) is 36.4 Å². The Morgan fingerprint density at radius 3 is 2.25 bits per heavy atom. The molecule has 0 spiro atoms. The van der Waals surface area contributed by atoms with Crippen molar-refractivity contribution in [1.29, 1.82) is 0 Å². The molecule has 0 unspecified atom stereocenters. The lowest BCUT2D eigenvalue weighted by Crippen LogP contribution is -2.48. The van der Waals surface area contributed by atoms with E-state index in [1.165, 1.54) is 17.0 Å². The normalized spacial score (nSPS) is 17.2. The summed E-state index contributed by atoms with van der Waals surface area (Å²) >= 11 is 0. The second-order valence-corrected chi connectivity index (χ2v) is 6.44. The summed E-state index contributed by atoms with van der Waals surface area (Å²) in [6.07, 6.45) is -8.63. The fourth-order valence-electron chi connectivity index (χ4n) is 3.28. The number of rotatable bonds is 2. The number of nitrogens with zero attached hydrogens (tertiary/aromatic N) is 1. The number of fused-ring (bicyclic) bond motifs is 1. The Kier molecular flexibility index (Phi) is 5.27. The van der Waals surface area contributed by atoms with Crippen LogP contribution in [-0.4, -0.2) is 30.2 Å². The number of benzene rings is 2. The monoisotopic (exact) mass is 402 g/mol. The molecule has 1 heterocycles. The van der Waals surface area contributed by atoms with E-state index in [0.717, 1.165) is 17.7 Å². The van der Waals surface area contributed by atoms with Gasteiger partial charge in [0.15, 0.2) is 0 Å². The van der Waals surface area contributed by atoms with Crippen molar-refractivity contribution in [3.63, 3.8) is 0 Å². The summed E-state index contributed by atoms with van der Waals surface area (Å²) < 4.78 is 75.9. The van der Waals surface area contributed by atoms with Crippen LogP contribution < -0.4 is 5.32 Å². The average Bonchev–Trinajstić information content (AvgIpc) is 2.64. The van der Waals surface area contributed by atoms with Crippen LogP contribution in [0.5, 0.6) is 0 Å². The van der Waals surface area contributed by atoms with Gasteiger partial charge in [-0.25, -0.2) is 4.79 Å². The van der Waals surface area contributed by atoms with Gasteiger partial charge in [0, 0.05) is 6.54 Å². The van der Waals surface area contributed by atoms with E-state index in [0.29, 0.717) is 17.5 Å². The topological polar surface area (TPSA) is 32.3 Å². The Labute approximate surface area is 157 Å². The molecule has 1 N–H and O–H groups in total. The number of alkyl halides is 6. The summed E-state index contributed by atoms with van der Waals surface area (Å²) in [5, 5.41) is 1.84. The van der Waals surface area contributed by atoms with Crippen LogP contribution in [0.1, 0.15) is 28.3 Å². The maximum atomic E-state index is 12.8. The molecule has 2 aromatic carbocycles. The Balaban J connectivity index is 1.95.